The molecule has 3 aromatic rings. The second kappa shape index (κ2) is 5.90. The number of benzene rings is 1. The van der Waals surface area contributed by atoms with Crippen molar-refractivity contribution in [2.75, 3.05) is 5.75 Å². The second-order valence-corrected chi connectivity index (χ2v) is 6.77. The average molecular weight is 342 g/mol. The Morgan fingerprint density at radius 2 is 2.25 bits per heavy atom. The zero-order valence-corrected chi connectivity index (χ0v) is 13.9. The number of aryl methyl sites for hydroxylation is 2. The summed E-state index contributed by atoms with van der Waals surface area (Å²) in [6, 6.07) is 6.00. The molecule has 0 atom stereocenters. The first kappa shape index (κ1) is 15.1. The third kappa shape index (κ3) is 2.75. The predicted octanol–water partition coefficient (Wildman–Crippen LogP) is 2.91. The maximum absolute atomic E-state index is 13.4. The van der Waals surface area contributed by atoms with Crippen molar-refractivity contribution < 1.29 is 9.18 Å². The number of rotatable bonds is 3. The lowest BCUT2D eigenvalue weighted by Gasteiger charge is -2.08. The van der Waals surface area contributed by atoms with Crippen LogP contribution >= 0.6 is 11.8 Å². The van der Waals surface area contributed by atoms with Crippen LogP contribution in [0.5, 0.6) is 0 Å². The van der Waals surface area contributed by atoms with Gasteiger partial charge in [0.15, 0.2) is 5.16 Å². The first-order valence-electron chi connectivity index (χ1n) is 7.64. The van der Waals surface area contributed by atoms with Gasteiger partial charge in [0.1, 0.15) is 5.82 Å². The number of hydrogen-bond acceptors (Lipinski definition) is 4. The fourth-order valence-corrected chi connectivity index (χ4v) is 3.80. The van der Waals surface area contributed by atoms with Crippen molar-refractivity contribution in [3.63, 3.8) is 0 Å². The van der Waals surface area contributed by atoms with Crippen molar-refractivity contribution >= 4 is 28.6 Å². The third-order valence-electron chi connectivity index (χ3n) is 3.93. The fraction of sp³-hybridized carbons (Fsp3) is 0.235. The van der Waals surface area contributed by atoms with E-state index in [1.165, 1.54) is 12.1 Å². The van der Waals surface area contributed by atoms with Gasteiger partial charge in [-0.2, -0.15) is 0 Å². The maximum Gasteiger partial charge on any atom is 0.252 e. The maximum atomic E-state index is 13.4. The van der Waals surface area contributed by atoms with Gasteiger partial charge in [0.25, 0.3) is 5.91 Å². The van der Waals surface area contributed by atoms with Crippen LogP contribution in [0.15, 0.2) is 35.6 Å². The molecule has 4 rings (SSSR count). The Kier molecular flexibility index (Phi) is 3.72. The van der Waals surface area contributed by atoms with Crippen molar-refractivity contribution in [1.82, 2.24) is 19.9 Å². The number of fused-ring (bicyclic) bond motifs is 2. The molecular formula is C17H15FN4OS. The highest BCUT2D eigenvalue weighted by Gasteiger charge is 2.16. The van der Waals surface area contributed by atoms with Gasteiger partial charge >= 0.3 is 0 Å². The minimum Gasteiger partial charge on any atom is -0.346 e. The number of carbonyl (C=O) groups excluding carboxylic acids is 1. The van der Waals surface area contributed by atoms with Gasteiger partial charge in [-0.25, -0.2) is 9.37 Å². The summed E-state index contributed by atoms with van der Waals surface area (Å²) in [5.74, 6) is 0.475. The number of nitrogens with one attached hydrogen (secondary N) is 1. The molecule has 5 nitrogen and oxygen atoms in total. The number of halogens is 1. The lowest BCUT2D eigenvalue weighted by Crippen LogP contribution is -2.23. The SMILES string of the molecule is Cc1cc(C(=O)NCc2cn3c(n2)SCC3)c2ccc(F)cc2n1. The number of carbonyl (C=O) groups is 1. The van der Waals surface area contributed by atoms with Gasteiger partial charge in [-0.1, -0.05) is 11.8 Å². The van der Waals surface area contributed by atoms with Gasteiger partial charge in [0.05, 0.1) is 23.3 Å². The highest BCUT2D eigenvalue weighted by atomic mass is 32.2. The Balaban J connectivity index is 1.58. The lowest BCUT2D eigenvalue weighted by molar-refractivity contribution is 0.0952. The molecule has 0 spiro atoms. The number of imidazole rings is 1. The molecule has 1 N–H and O–H groups in total. The van der Waals surface area contributed by atoms with Crippen LogP contribution in [-0.2, 0) is 13.1 Å². The number of hydrogen-bond donors (Lipinski definition) is 1. The molecule has 0 unspecified atom stereocenters. The molecule has 0 saturated heterocycles. The summed E-state index contributed by atoms with van der Waals surface area (Å²) >= 11 is 1.72. The van der Waals surface area contributed by atoms with E-state index in [9.17, 15) is 9.18 Å². The van der Waals surface area contributed by atoms with E-state index in [1.54, 1.807) is 30.8 Å². The van der Waals surface area contributed by atoms with Crippen molar-refractivity contribution in [3.8, 4) is 0 Å². The Hall–Kier alpha value is -2.41. The molecule has 24 heavy (non-hydrogen) atoms. The van der Waals surface area contributed by atoms with E-state index in [0.29, 0.717) is 28.7 Å². The summed E-state index contributed by atoms with van der Waals surface area (Å²) in [7, 11) is 0. The van der Waals surface area contributed by atoms with Crippen LogP contribution in [0, 0.1) is 12.7 Å². The van der Waals surface area contributed by atoms with Gasteiger partial charge in [-0.3, -0.25) is 9.78 Å². The number of nitrogens with zero attached hydrogens (tertiary/aromatic N) is 3. The minimum atomic E-state index is -0.364. The highest BCUT2D eigenvalue weighted by Crippen LogP contribution is 2.24. The predicted molar refractivity (Wildman–Crippen MR) is 90.6 cm³/mol. The van der Waals surface area contributed by atoms with E-state index in [0.717, 1.165) is 23.1 Å². The van der Waals surface area contributed by atoms with Crippen LogP contribution in [0.25, 0.3) is 10.9 Å². The van der Waals surface area contributed by atoms with E-state index in [1.807, 2.05) is 6.20 Å². The molecule has 122 valence electrons. The van der Waals surface area contributed by atoms with Crippen LogP contribution in [0.3, 0.4) is 0 Å². The summed E-state index contributed by atoms with van der Waals surface area (Å²) < 4.78 is 15.5. The minimum absolute atomic E-state index is 0.210. The molecule has 2 aromatic heterocycles. The quantitative estimate of drug-likeness (QED) is 0.795. The summed E-state index contributed by atoms with van der Waals surface area (Å²) in [4.78, 5) is 21.4. The number of aromatic nitrogens is 3. The van der Waals surface area contributed by atoms with E-state index < -0.39 is 0 Å². The molecule has 3 heterocycles. The fourth-order valence-electron chi connectivity index (χ4n) is 2.83. The van der Waals surface area contributed by atoms with Crippen molar-refractivity contribution in [1.29, 1.82) is 0 Å². The average Bonchev–Trinajstić information content (AvgIpc) is 3.12. The van der Waals surface area contributed by atoms with E-state index in [4.69, 9.17) is 0 Å². The molecule has 1 amide bonds. The van der Waals surface area contributed by atoms with Crippen LogP contribution in [0.4, 0.5) is 4.39 Å². The monoisotopic (exact) mass is 342 g/mol. The molecule has 0 aliphatic carbocycles. The van der Waals surface area contributed by atoms with Crippen LogP contribution in [0.1, 0.15) is 21.7 Å². The van der Waals surface area contributed by atoms with E-state index in [-0.39, 0.29) is 11.7 Å². The zero-order valence-electron chi connectivity index (χ0n) is 13.0. The lowest BCUT2D eigenvalue weighted by atomic mass is 10.1. The molecule has 0 saturated carbocycles. The Bertz CT molecular complexity index is 926. The van der Waals surface area contributed by atoms with Gasteiger partial charge in [-0.05, 0) is 25.1 Å². The molecule has 1 aliphatic rings. The van der Waals surface area contributed by atoms with E-state index in [2.05, 4.69) is 19.9 Å². The van der Waals surface area contributed by atoms with Crippen LogP contribution < -0.4 is 5.32 Å². The second-order valence-electron chi connectivity index (χ2n) is 5.71. The Morgan fingerprint density at radius 3 is 3.08 bits per heavy atom. The Morgan fingerprint density at radius 1 is 1.38 bits per heavy atom. The van der Waals surface area contributed by atoms with Gasteiger partial charge in [0.2, 0.25) is 0 Å². The Labute approximate surface area is 142 Å². The smallest absolute Gasteiger partial charge is 0.252 e. The van der Waals surface area contributed by atoms with E-state index >= 15 is 0 Å². The first-order valence-corrected chi connectivity index (χ1v) is 8.63. The molecule has 1 aromatic carbocycles. The number of pyridine rings is 1. The highest BCUT2D eigenvalue weighted by molar-refractivity contribution is 7.99. The topological polar surface area (TPSA) is 59.8 Å². The summed E-state index contributed by atoms with van der Waals surface area (Å²) in [6.45, 7) is 3.11. The largest absolute Gasteiger partial charge is 0.346 e. The van der Waals surface area contributed by atoms with Crippen molar-refractivity contribution in [2.24, 2.45) is 0 Å². The van der Waals surface area contributed by atoms with Gasteiger partial charge < -0.3 is 9.88 Å². The number of thioether (sulfide) groups is 1. The van der Waals surface area contributed by atoms with Crippen LogP contribution in [0.2, 0.25) is 0 Å². The van der Waals surface area contributed by atoms with Crippen LogP contribution in [-0.4, -0.2) is 26.2 Å². The molecule has 0 fully saturated rings. The summed E-state index contributed by atoms with van der Waals surface area (Å²) in [5, 5.41) is 4.53. The van der Waals surface area contributed by atoms with Gasteiger partial charge in [-0.15, -0.1) is 0 Å². The molecular weight excluding hydrogens is 327 g/mol. The molecule has 1 aliphatic heterocycles. The zero-order chi connectivity index (χ0) is 16.7. The first-order chi connectivity index (χ1) is 11.6. The van der Waals surface area contributed by atoms with Gasteiger partial charge in [0, 0.05) is 35.6 Å². The summed E-state index contributed by atoms with van der Waals surface area (Å²) in [6.07, 6.45) is 1.97. The van der Waals surface area contributed by atoms with Crippen molar-refractivity contribution in [2.45, 2.75) is 25.2 Å². The third-order valence-corrected chi connectivity index (χ3v) is 4.90. The molecule has 7 heteroatoms. The standard InChI is InChI=1S/C17H15FN4OS/c1-10-6-14(13-3-2-11(18)7-15(13)20-10)16(23)19-8-12-9-22-4-5-24-17(22)21-12/h2-3,6-7,9H,4-5,8H2,1H3,(H,19,23). The summed E-state index contributed by atoms with van der Waals surface area (Å²) in [5.41, 5.74) is 2.50. The van der Waals surface area contributed by atoms with Crippen molar-refractivity contribution in [3.05, 3.63) is 53.2 Å². The molecule has 0 bridgehead atoms. The number of amides is 1. The normalized spacial score (nSPS) is 13.2. The molecule has 0 radical (unpaired) electrons.